The number of hydrogen-bond acceptors (Lipinski definition) is 3. The minimum Gasteiger partial charge on any atom is -0.340 e. The number of hydrogen-bond donors (Lipinski definition) is 1. The average molecular weight is 446 g/mol. The number of carbonyl (C=O) groups excluding carboxylic acids is 3. The van der Waals surface area contributed by atoms with Gasteiger partial charge in [-0.3, -0.25) is 14.5 Å². The zero-order valence-electron chi connectivity index (χ0n) is 17.9. The molecular formula is C23H25ClFN3O3. The second kappa shape index (κ2) is 8.67. The van der Waals surface area contributed by atoms with Crippen molar-refractivity contribution in [2.24, 2.45) is 0 Å². The molecule has 1 heterocycles. The first-order chi connectivity index (χ1) is 14.5. The Labute approximate surface area is 186 Å². The van der Waals surface area contributed by atoms with E-state index in [0.717, 1.165) is 10.5 Å². The highest BCUT2D eigenvalue weighted by molar-refractivity contribution is 6.31. The van der Waals surface area contributed by atoms with Crippen LogP contribution in [0.25, 0.3) is 0 Å². The van der Waals surface area contributed by atoms with E-state index >= 15 is 0 Å². The minimum atomic E-state index is -1.26. The molecule has 1 saturated heterocycles. The molecular weight excluding hydrogens is 421 g/mol. The van der Waals surface area contributed by atoms with Crippen LogP contribution in [-0.2, 0) is 21.7 Å². The molecule has 2 aromatic rings. The van der Waals surface area contributed by atoms with Crippen molar-refractivity contribution in [1.82, 2.24) is 15.1 Å². The van der Waals surface area contributed by atoms with E-state index in [4.69, 9.17) is 11.6 Å². The van der Waals surface area contributed by atoms with E-state index in [9.17, 15) is 18.8 Å². The van der Waals surface area contributed by atoms with Crippen molar-refractivity contribution in [3.05, 3.63) is 70.0 Å². The van der Waals surface area contributed by atoms with Gasteiger partial charge in [-0.15, -0.1) is 0 Å². The van der Waals surface area contributed by atoms with Crippen LogP contribution in [0.2, 0.25) is 5.02 Å². The van der Waals surface area contributed by atoms with Crippen LogP contribution in [0.1, 0.15) is 43.4 Å². The van der Waals surface area contributed by atoms with Crippen molar-refractivity contribution in [3.8, 4) is 0 Å². The zero-order chi connectivity index (χ0) is 22.9. The van der Waals surface area contributed by atoms with Gasteiger partial charge in [-0.2, -0.15) is 0 Å². The number of imide groups is 1. The second-order valence-corrected chi connectivity index (χ2v) is 8.58. The Morgan fingerprint density at radius 1 is 1.19 bits per heavy atom. The van der Waals surface area contributed by atoms with Gasteiger partial charge in [0.1, 0.15) is 17.9 Å². The number of likely N-dealkylation sites (N-methyl/N-ethyl adjacent to an activating group) is 1. The highest BCUT2D eigenvalue weighted by Crippen LogP contribution is 2.30. The molecule has 0 aromatic heterocycles. The van der Waals surface area contributed by atoms with Gasteiger partial charge in [0, 0.05) is 24.2 Å². The monoisotopic (exact) mass is 445 g/mol. The van der Waals surface area contributed by atoms with Crippen LogP contribution in [0.15, 0.2) is 42.5 Å². The molecule has 1 aliphatic rings. The van der Waals surface area contributed by atoms with Gasteiger partial charge in [-0.05, 0) is 36.1 Å². The Bertz CT molecular complexity index is 1000. The molecule has 31 heavy (non-hydrogen) atoms. The molecule has 0 unspecified atom stereocenters. The number of halogens is 2. The Morgan fingerprint density at radius 2 is 1.84 bits per heavy atom. The van der Waals surface area contributed by atoms with Crippen molar-refractivity contribution < 1.29 is 18.8 Å². The topological polar surface area (TPSA) is 69.7 Å². The summed E-state index contributed by atoms with van der Waals surface area (Å²) < 4.78 is 14.0. The standard InChI is InChI=1S/C23H25ClFN3O3/c1-14(2)15-8-10-16(11-9-15)23(3)21(30)28(22(31)26-23)13-20(29)27(4)12-17-18(24)6-5-7-19(17)25/h5-11,14H,12-13H2,1-4H3,(H,26,31)/t23-/m0/s1. The normalized spacial score (nSPS) is 18.5. The lowest BCUT2D eigenvalue weighted by atomic mass is 9.90. The fraction of sp³-hybridized carbons (Fsp3) is 0.348. The van der Waals surface area contributed by atoms with Gasteiger partial charge in [0.05, 0.1) is 0 Å². The predicted octanol–water partition coefficient (Wildman–Crippen LogP) is 4.03. The third-order valence-corrected chi connectivity index (χ3v) is 5.96. The Morgan fingerprint density at radius 3 is 2.42 bits per heavy atom. The first-order valence-corrected chi connectivity index (χ1v) is 10.3. The quantitative estimate of drug-likeness (QED) is 0.682. The number of rotatable bonds is 6. The number of urea groups is 1. The molecule has 1 aliphatic heterocycles. The summed E-state index contributed by atoms with van der Waals surface area (Å²) in [5.74, 6) is -1.22. The van der Waals surface area contributed by atoms with Crippen LogP contribution < -0.4 is 5.32 Å². The molecule has 1 N–H and O–H groups in total. The van der Waals surface area contributed by atoms with Crippen molar-refractivity contribution in [3.63, 3.8) is 0 Å². The second-order valence-electron chi connectivity index (χ2n) is 8.17. The maximum absolute atomic E-state index is 14.0. The average Bonchev–Trinajstić information content (AvgIpc) is 2.94. The van der Waals surface area contributed by atoms with Gasteiger partial charge < -0.3 is 10.2 Å². The molecule has 3 rings (SSSR count). The molecule has 1 atom stereocenters. The largest absolute Gasteiger partial charge is 0.340 e. The van der Waals surface area contributed by atoms with Crippen LogP contribution in [0.5, 0.6) is 0 Å². The maximum Gasteiger partial charge on any atom is 0.325 e. The summed E-state index contributed by atoms with van der Waals surface area (Å²) in [6.07, 6.45) is 0. The lowest BCUT2D eigenvalue weighted by Gasteiger charge is -2.24. The summed E-state index contributed by atoms with van der Waals surface area (Å²) >= 11 is 6.02. The van der Waals surface area contributed by atoms with Crippen molar-refractivity contribution >= 4 is 29.4 Å². The van der Waals surface area contributed by atoms with Crippen molar-refractivity contribution in [2.45, 2.75) is 38.8 Å². The molecule has 2 aromatic carbocycles. The van der Waals surface area contributed by atoms with Crippen molar-refractivity contribution in [1.29, 1.82) is 0 Å². The van der Waals surface area contributed by atoms with Crippen LogP contribution >= 0.6 is 11.6 Å². The lowest BCUT2D eigenvalue weighted by molar-refractivity contribution is -0.138. The first-order valence-electron chi connectivity index (χ1n) is 9.96. The van der Waals surface area contributed by atoms with E-state index in [-0.39, 0.29) is 17.1 Å². The number of carbonyl (C=O) groups is 3. The fourth-order valence-corrected chi connectivity index (χ4v) is 3.73. The summed E-state index contributed by atoms with van der Waals surface area (Å²) in [4.78, 5) is 40.4. The molecule has 0 aliphatic carbocycles. The van der Waals surface area contributed by atoms with E-state index < -0.39 is 35.7 Å². The molecule has 4 amide bonds. The minimum absolute atomic E-state index is 0.0814. The molecule has 0 bridgehead atoms. The van der Waals surface area contributed by atoms with Gasteiger partial charge in [0.15, 0.2) is 0 Å². The molecule has 164 valence electrons. The highest BCUT2D eigenvalue weighted by Gasteiger charge is 2.49. The third-order valence-electron chi connectivity index (χ3n) is 5.61. The fourth-order valence-electron chi connectivity index (χ4n) is 3.50. The molecule has 0 spiro atoms. The van der Waals surface area contributed by atoms with Gasteiger partial charge in [-0.25, -0.2) is 9.18 Å². The van der Waals surface area contributed by atoms with E-state index in [2.05, 4.69) is 19.2 Å². The SMILES string of the molecule is CC(C)c1ccc([C@]2(C)NC(=O)N(CC(=O)N(C)Cc3c(F)cccc3Cl)C2=O)cc1. The van der Waals surface area contributed by atoms with Crippen LogP contribution in [-0.4, -0.2) is 41.2 Å². The number of nitrogens with one attached hydrogen (secondary N) is 1. The Kier molecular flexibility index (Phi) is 6.36. The molecule has 1 fully saturated rings. The van der Waals surface area contributed by atoms with Crippen LogP contribution in [0.4, 0.5) is 9.18 Å². The van der Waals surface area contributed by atoms with E-state index in [0.29, 0.717) is 11.5 Å². The summed E-state index contributed by atoms with van der Waals surface area (Å²) in [6, 6.07) is 11.1. The smallest absolute Gasteiger partial charge is 0.325 e. The zero-order valence-corrected chi connectivity index (χ0v) is 18.7. The Hall–Kier alpha value is -2.93. The van der Waals surface area contributed by atoms with Gasteiger partial charge in [0.2, 0.25) is 5.91 Å². The van der Waals surface area contributed by atoms with Gasteiger partial charge in [-0.1, -0.05) is 55.8 Å². The van der Waals surface area contributed by atoms with E-state index in [1.165, 1.54) is 30.1 Å². The van der Waals surface area contributed by atoms with Crippen LogP contribution in [0, 0.1) is 5.82 Å². The molecule has 0 saturated carbocycles. The maximum atomic E-state index is 14.0. The first kappa shape index (κ1) is 22.7. The summed E-state index contributed by atoms with van der Waals surface area (Å²) in [7, 11) is 1.47. The number of amides is 4. The third kappa shape index (κ3) is 4.42. The molecule has 6 nitrogen and oxygen atoms in total. The summed E-state index contributed by atoms with van der Waals surface area (Å²) in [6.45, 7) is 5.22. The van der Waals surface area contributed by atoms with Gasteiger partial charge in [0.25, 0.3) is 5.91 Å². The van der Waals surface area contributed by atoms with Crippen LogP contribution in [0.3, 0.4) is 0 Å². The molecule has 8 heteroatoms. The number of benzene rings is 2. The van der Waals surface area contributed by atoms with Gasteiger partial charge >= 0.3 is 6.03 Å². The Balaban J connectivity index is 1.74. The summed E-state index contributed by atoms with van der Waals surface area (Å²) in [5, 5.41) is 2.89. The number of nitrogens with zero attached hydrogens (tertiary/aromatic N) is 2. The van der Waals surface area contributed by atoms with E-state index in [1.807, 2.05) is 24.3 Å². The molecule has 0 radical (unpaired) electrons. The van der Waals surface area contributed by atoms with E-state index in [1.54, 1.807) is 6.92 Å². The lowest BCUT2D eigenvalue weighted by Crippen LogP contribution is -2.43. The van der Waals surface area contributed by atoms with Crippen molar-refractivity contribution in [2.75, 3.05) is 13.6 Å². The summed E-state index contributed by atoms with van der Waals surface area (Å²) in [5.41, 5.74) is 0.661. The highest BCUT2D eigenvalue weighted by atomic mass is 35.5. The predicted molar refractivity (Wildman–Crippen MR) is 116 cm³/mol.